The molecule has 2 aliphatic rings. The molecule has 1 saturated heterocycles. The third-order valence-electron chi connectivity index (χ3n) is 3.83. The summed E-state index contributed by atoms with van der Waals surface area (Å²) in [5.74, 6) is -0.0397. The Morgan fingerprint density at radius 3 is 2.50 bits per heavy atom. The second-order valence-electron chi connectivity index (χ2n) is 5.18. The molecule has 0 N–H and O–H groups in total. The minimum absolute atomic E-state index is 0.209. The van der Waals surface area contributed by atoms with Crippen molar-refractivity contribution in [2.45, 2.75) is 5.25 Å². The molecule has 2 heterocycles. The Bertz CT molecular complexity index is 599. The Hall–Kier alpha value is -1.86. The van der Waals surface area contributed by atoms with Crippen LogP contribution in [0.3, 0.4) is 0 Å². The standard InChI is InChI=1S/C15H16N2O4S/c1-21-15(20)12-8-16(6-7-22-12)9-17-13(18)10-4-2-3-5-11(10)14(17)19/h2-5,12H,6-9H2,1H3/t12-/m0/s1. The van der Waals surface area contributed by atoms with Gasteiger partial charge in [0.2, 0.25) is 0 Å². The summed E-state index contributed by atoms with van der Waals surface area (Å²) in [6, 6.07) is 6.83. The number of hydrogen-bond acceptors (Lipinski definition) is 6. The Morgan fingerprint density at radius 2 is 1.91 bits per heavy atom. The zero-order valence-corrected chi connectivity index (χ0v) is 13.0. The highest BCUT2D eigenvalue weighted by Crippen LogP contribution is 2.25. The van der Waals surface area contributed by atoms with E-state index in [1.807, 2.05) is 4.90 Å². The van der Waals surface area contributed by atoms with Gasteiger partial charge in [-0.3, -0.25) is 24.2 Å². The summed E-state index contributed by atoms with van der Waals surface area (Å²) in [4.78, 5) is 39.5. The largest absolute Gasteiger partial charge is 0.468 e. The molecule has 0 bridgehead atoms. The quantitative estimate of drug-likeness (QED) is 0.607. The van der Waals surface area contributed by atoms with Crippen LogP contribution in [0.2, 0.25) is 0 Å². The van der Waals surface area contributed by atoms with Gasteiger partial charge in [0.1, 0.15) is 5.25 Å². The molecule has 0 radical (unpaired) electrons. The Kier molecular flexibility index (Phi) is 4.17. The summed E-state index contributed by atoms with van der Waals surface area (Å²) in [5.41, 5.74) is 0.895. The summed E-state index contributed by atoms with van der Waals surface area (Å²) in [6.45, 7) is 1.41. The zero-order valence-electron chi connectivity index (χ0n) is 12.2. The molecule has 1 aromatic carbocycles. The molecule has 0 saturated carbocycles. The van der Waals surface area contributed by atoms with E-state index in [1.54, 1.807) is 36.0 Å². The number of ether oxygens (including phenoxy) is 1. The first kappa shape index (κ1) is 15.1. The summed E-state index contributed by atoms with van der Waals surface area (Å²) in [5, 5.41) is -0.270. The lowest BCUT2D eigenvalue weighted by molar-refractivity contribution is -0.140. The fourth-order valence-electron chi connectivity index (χ4n) is 2.67. The third-order valence-corrected chi connectivity index (χ3v) is 5.00. The summed E-state index contributed by atoms with van der Waals surface area (Å²) in [7, 11) is 1.37. The van der Waals surface area contributed by atoms with E-state index in [1.165, 1.54) is 12.0 Å². The molecule has 116 valence electrons. The molecule has 0 aliphatic carbocycles. The monoisotopic (exact) mass is 320 g/mol. The second kappa shape index (κ2) is 6.10. The molecule has 0 unspecified atom stereocenters. The molecule has 1 fully saturated rings. The van der Waals surface area contributed by atoms with E-state index >= 15 is 0 Å². The van der Waals surface area contributed by atoms with E-state index in [0.717, 1.165) is 12.3 Å². The molecule has 6 nitrogen and oxygen atoms in total. The molecular formula is C15H16N2O4S. The van der Waals surface area contributed by atoms with Gasteiger partial charge in [-0.05, 0) is 12.1 Å². The van der Waals surface area contributed by atoms with Crippen molar-refractivity contribution in [2.75, 3.05) is 32.6 Å². The van der Waals surface area contributed by atoms with Gasteiger partial charge in [-0.2, -0.15) is 0 Å². The first-order valence-electron chi connectivity index (χ1n) is 6.99. The molecule has 2 amide bonds. The maximum absolute atomic E-state index is 12.3. The number of rotatable bonds is 3. The van der Waals surface area contributed by atoms with Gasteiger partial charge >= 0.3 is 5.97 Å². The summed E-state index contributed by atoms with van der Waals surface area (Å²) >= 11 is 1.54. The number of imide groups is 1. The number of fused-ring (bicyclic) bond motifs is 1. The van der Waals surface area contributed by atoms with Crippen molar-refractivity contribution in [3.8, 4) is 0 Å². The van der Waals surface area contributed by atoms with Gasteiger partial charge in [-0.25, -0.2) is 0 Å². The predicted octanol–water partition coefficient (Wildman–Crippen LogP) is 0.830. The first-order chi connectivity index (χ1) is 10.6. The van der Waals surface area contributed by atoms with Gasteiger partial charge in [-0.1, -0.05) is 12.1 Å². The van der Waals surface area contributed by atoms with Crippen LogP contribution in [0.25, 0.3) is 0 Å². The van der Waals surface area contributed by atoms with Crippen LogP contribution in [0.5, 0.6) is 0 Å². The van der Waals surface area contributed by atoms with Gasteiger partial charge < -0.3 is 4.74 Å². The Morgan fingerprint density at radius 1 is 1.27 bits per heavy atom. The van der Waals surface area contributed by atoms with Crippen LogP contribution >= 0.6 is 11.8 Å². The van der Waals surface area contributed by atoms with Crippen molar-refractivity contribution in [1.82, 2.24) is 9.80 Å². The highest BCUT2D eigenvalue weighted by atomic mass is 32.2. The van der Waals surface area contributed by atoms with Crippen molar-refractivity contribution in [3.63, 3.8) is 0 Å². The van der Waals surface area contributed by atoms with Crippen LogP contribution in [0, 0.1) is 0 Å². The lowest BCUT2D eigenvalue weighted by Crippen LogP contribution is -2.48. The topological polar surface area (TPSA) is 66.9 Å². The van der Waals surface area contributed by atoms with E-state index in [9.17, 15) is 14.4 Å². The van der Waals surface area contributed by atoms with Gasteiger partial charge in [0.15, 0.2) is 0 Å². The smallest absolute Gasteiger partial charge is 0.320 e. The minimum Gasteiger partial charge on any atom is -0.468 e. The van der Waals surface area contributed by atoms with E-state index in [0.29, 0.717) is 17.7 Å². The minimum atomic E-state index is -0.270. The highest BCUT2D eigenvalue weighted by Gasteiger charge is 2.37. The van der Waals surface area contributed by atoms with Crippen molar-refractivity contribution in [1.29, 1.82) is 0 Å². The lowest BCUT2D eigenvalue weighted by atomic mass is 10.1. The molecular weight excluding hydrogens is 304 g/mol. The van der Waals surface area contributed by atoms with Gasteiger partial charge in [0.25, 0.3) is 11.8 Å². The molecule has 2 aliphatic heterocycles. The van der Waals surface area contributed by atoms with Crippen LogP contribution < -0.4 is 0 Å². The van der Waals surface area contributed by atoms with Crippen molar-refractivity contribution >= 4 is 29.5 Å². The average molecular weight is 320 g/mol. The number of benzene rings is 1. The first-order valence-corrected chi connectivity index (χ1v) is 8.03. The molecule has 3 rings (SSSR count). The van der Waals surface area contributed by atoms with Crippen LogP contribution in [-0.4, -0.2) is 65.5 Å². The number of thioether (sulfide) groups is 1. The fraction of sp³-hybridized carbons (Fsp3) is 0.400. The third kappa shape index (κ3) is 2.62. The molecule has 0 spiro atoms. The normalized spacial score (nSPS) is 21.9. The van der Waals surface area contributed by atoms with E-state index < -0.39 is 0 Å². The Balaban J connectivity index is 1.71. The number of methoxy groups -OCH3 is 1. The molecule has 22 heavy (non-hydrogen) atoms. The molecule has 1 atom stereocenters. The van der Waals surface area contributed by atoms with Crippen LogP contribution in [0.1, 0.15) is 20.7 Å². The highest BCUT2D eigenvalue weighted by molar-refractivity contribution is 8.00. The molecule has 0 aromatic heterocycles. The van der Waals surface area contributed by atoms with Gasteiger partial charge in [0, 0.05) is 18.8 Å². The Labute approximate surface area is 132 Å². The number of esters is 1. The summed E-state index contributed by atoms with van der Waals surface area (Å²) < 4.78 is 4.77. The van der Waals surface area contributed by atoms with E-state index in [2.05, 4.69) is 0 Å². The molecule has 1 aromatic rings. The lowest BCUT2D eigenvalue weighted by Gasteiger charge is -2.32. The second-order valence-corrected chi connectivity index (χ2v) is 6.50. The maximum Gasteiger partial charge on any atom is 0.320 e. The van der Waals surface area contributed by atoms with Crippen molar-refractivity contribution in [2.24, 2.45) is 0 Å². The number of hydrogen-bond donors (Lipinski definition) is 0. The maximum atomic E-state index is 12.3. The van der Waals surface area contributed by atoms with Gasteiger partial charge in [0.05, 0.1) is 24.9 Å². The number of amides is 2. The van der Waals surface area contributed by atoms with Crippen molar-refractivity contribution in [3.05, 3.63) is 35.4 Å². The number of carbonyl (C=O) groups excluding carboxylic acids is 3. The zero-order chi connectivity index (χ0) is 15.7. The van der Waals surface area contributed by atoms with E-state index in [4.69, 9.17) is 4.74 Å². The van der Waals surface area contributed by atoms with Crippen LogP contribution in [0.15, 0.2) is 24.3 Å². The van der Waals surface area contributed by atoms with Crippen molar-refractivity contribution < 1.29 is 19.1 Å². The van der Waals surface area contributed by atoms with Crippen LogP contribution in [0.4, 0.5) is 0 Å². The number of carbonyl (C=O) groups is 3. The van der Waals surface area contributed by atoms with E-state index in [-0.39, 0.29) is 29.7 Å². The van der Waals surface area contributed by atoms with Crippen LogP contribution in [-0.2, 0) is 9.53 Å². The average Bonchev–Trinajstić information content (AvgIpc) is 2.80. The predicted molar refractivity (Wildman–Crippen MR) is 81.6 cm³/mol. The fourth-order valence-corrected chi connectivity index (χ4v) is 3.87. The SMILES string of the molecule is COC(=O)[C@@H]1CN(CN2C(=O)c3ccccc3C2=O)CCS1. The summed E-state index contributed by atoms with van der Waals surface area (Å²) in [6.07, 6.45) is 0. The van der Waals surface area contributed by atoms with Gasteiger partial charge in [-0.15, -0.1) is 11.8 Å². The molecule has 7 heteroatoms. The number of nitrogens with zero attached hydrogens (tertiary/aromatic N) is 2.